The first-order valence-corrected chi connectivity index (χ1v) is 6.57. The SMILES string of the molecule is Cc1cccc([N+](=O)[O-])c1N1CCC(N)C(C)(C)C1. The standard InChI is InChI=1S/C14H21N3O2/c1-10-5-4-6-11(17(18)19)13(10)16-8-7-12(15)14(2,3)9-16/h4-6,12H,7-9,15H2,1-3H3. The quantitative estimate of drug-likeness (QED) is 0.657. The lowest BCUT2D eigenvalue weighted by Gasteiger charge is -2.43. The van der Waals surface area contributed by atoms with Gasteiger partial charge in [0.1, 0.15) is 5.69 Å². The third-order valence-corrected chi connectivity index (χ3v) is 4.04. The van der Waals surface area contributed by atoms with Crippen molar-refractivity contribution in [3.05, 3.63) is 33.9 Å². The normalized spacial score (nSPS) is 22.3. The first-order chi connectivity index (χ1) is 8.83. The third-order valence-electron chi connectivity index (χ3n) is 4.04. The van der Waals surface area contributed by atoms with Crippen LogP contribution >= 0.6 is 0 Å². The molecule has 0 bridgehead atoms. The van der Waals surface area contributed by atoms with Crippen LogP contribution in [0.25, 0.3) is 0 Å². The van der Waals surface area contributed by atoms with Crippen LogP contribution in [0.4, 0.5) is 11.4 Å². The Morgan fingerprint density at radius 3 is 2.74 bits per heavy atom. The topological polar surface area (TPSA) is 72.4 Å². The van der Waals surface area contributed by atoms with E-state index < -0.39 is 0 Å². The first-order valence-electron chi connectivity index (χ1n) is 6.57. The molecule has 104 valence electrons. The van der Waals surface area contributed by atoms with Gasteiger partial charge in [0.25, 0.3) is 5.69 Å². The second kappa shape index (κ2) is 4.81. The molecule has 0 amide bonds. The van der Waals surface area contributed by atoms with Crippen LogP contribution in [0.15, 0.2) is 18.2 Å². The third kappa shape index (κ3) is 2.56. The highest BCUT2D eigenvalue weighted by molar-refractivity contribution is 5.68. The molecule has 1 unspecified atom stereocenters. The average Bonchev–Trinajstić information content (AvgIpc) is 2.32. The lowest BCUT2D eigenvalue weighted by atomic mass is 9.79. The first kappa shape index (κ1) is 13.8. The summed E-state index contributed by atoms with van der Waals surface area (Å²) >= 11 is 0. The molecule has 0 radical (unpaired) electrons. The average molecular weight is 263 g/mol. The Morgan fingerprint density at radius 2 is 2.16 bits per heavy atom. The number of nitro benzene ring substituents is 1. The highest BCUT2D eigenvalue weighted by Gasteiger charge is 2.35. The molecule has 1 saturated heterocycles. The number of aryl methyl sites for hydroxylation is 1. The van der Waals surface area contributed by atoms with Gasteiger partial charge in [-0.1, -0.05) is 26.0 Å². The van der Waals surface area contributed by atoms with Crippen molar-refractivity contribution in [2.24, 2.45) is 11.1 Å². The van der Waals surface area contributed by atoms with E-state index in [4.69, 9.17) is 5.73 Å². The van der Waals surface area contributed by atoms with Crippen molar-refractivity contribution in [3.63, 3.8) is 0 Å². The summed E-state index contributed by atoms with van der Waals surface area (Å²) in [6.07, 6.45) is 0.860. The highest BCUT2D eigenvalue weighted by Crippen LogP contribution is 2.37. The predicted octanol–water partition coefficient (Wildman–Crippen LogP) is 2.47. The number of rotatable bonds is 2. The molecule has 0 aliphatic carbocycles. The van der Waals surface area contributed by atoms with Gasteiger partial charge in [-0.2, -0.15) is 0 Å². The number of hydrogen-bond acceptors (Lipinski definition) is 4. The molecule has 0 spiro atoms. The number of benzene rings is 1. The van der Waals surface area contributed by atoms with Crippen LogP contribution in [0.1, 0.15) is 25.8 Å². The van der Waals surface area contributed by atoms with Crippen molar-refractivity contribution in [2.45, 2.75) is 33.2 Å². The van der Waals surface area contributed by atoms with Gasteiger partial charge in [0.05, 0.1) is 4.92 Å². The predicted molar refractivity (Wildman–Crippen MR) is 76.4 cm³/mol. The van der Waals surface area contributed by atoms with Crippen LogP contribution in [-0.4, -0.2) is 24.1 Å². The summed E-state index contributed by atoms with van der Waals surface area (Å²) in [6.45, 7) is 7.68. The van der Waals surface area contributed by atoms with Gasteiger partial charge in [-0.05, 0) is 24.3 Å². The van der Waals surface area contributed by atoms with Crippen LogP contribution in [0, 0.1) is 22.5 Å². The van der Waals surface area contributed by atoms with E-state index in [1.807, 2.05) is 13.0 Å². The molecule has 5 heteroatoms. The van der Waals surface area contributed by atoms with Crippen molar-refractivity contribution >= 4 is 11.4 Å². The Balaban J connectivity index is 2.40. The minimum Gasteiger partial charge on any atom is -0.365 e. The van der Waals surface area contributed by atoms with Crippen LogP contribution in [0.5, 0.6) is 0 Å². The fourth-order valence-corrected chi connectivity index (χ4v) is 2.77. The van der Waals surface area contributed by atoms with Crippen LogP contribution < -0.4 is 10.6 Å². The maximum atomic E-state index is 11.2. The number of para-hydroxylation sites is 1. The van der Waals surface area contributed by atoms with E-state index in [0.717, 1.165) is 30.8 Å². The van der Waals surface area contributed by atoms with Crippen molar-refractivity contribution in [1.29, 1.82) is 0 Å². The molecule has 0 aromatic heterocycles. The highest BCUT2D eigenvalue weighted by atomic mass is 16.6. The minimum absolute atomic E-state index is 0.0333. The lowest BCUT2D eigenvalue weighted by molar-refractivity contribution is -0.384. The summed E-state index contributed by atoms with van der Waals surface area (Å²) in [6, 6.07) is 5.37. The summed E-state index contributed by atoms with van der Waals surface area (Å²) in [5.41, 5.74) is 7.97. The van der Waals surface area contributed by atoms with E-state index >= 15 is 0 Å². The number of nitrogens with two attached hydrogens (primary N) is 1. The molecule has 5 nitrogen and oxygen atoms in total. The zero-order valence-corrected chi connectivity index (χ0v) is 11.7. The maximum Gasteiger partial charge on any atom is 0.292 e. The van der Waals surface area contributed by atoms with Crippen molar-refractivity contribution in [2.75, 3.05) is 18.0 Å². The molecule has 1 aliphatic rings. The Kier molecular flexibility index (Phi) is 3.49. The second-order valence-corrected chi connectivity index (χ2v) is 6.01. The Bertz CT molecular complexity index is 499. The van der Waals surface area contributed by atoms with Gasteiger partial charge in [-0.15, -0.1) is 0 Å². The van der Waals surface area contributed by atoms with E-state index in [1.54, 1.807) is 12.1 Å². The lowest BCUT2D eigenvalue weighted by Crippen LogP contribution is -2.52. The van der Waals surface area contributed by atoms with Crippen molar-refractivity contribution in [1.82, 2.24) is 0 Å². The largest absolute Gasteiger partial charge is 0.365 e. The molecule has 1 aromatic carbocycles. The van der Waals surface area contributed by atoms with Crippen LogP contribution in [0.2, 0.25) is 0 Å². The van der Waals surface area contributed by atoms with Gasteiger partial charge in [0.2, 0.25) is 0 Å². The van der Waals surface area contributed by atoms with E-state index in [2.05, 4.69) is 18.7 Å². The van der Waals surface area contributed by atoms with Gasteiger partial charge in [-0.25, -0.2) is 0 Å². The van der Waals surface area contributed by atoms with Crippen LogP contribution in [0.3, 0.4) is 0 Å². The Hall–Kier alpha value is -1.62. The Labute approximate surface area is 113 Å². The molecular weight excluding hydrogens is 242 g/mol. The van der Waals surface area contributed by atoms with E-state index in [1.165, 1.54) is 0 Å². The summed E-state index contributed by atoms with van der Waals surface area (Å²) < 4.78 is 0. The van der Waals surface area contributed by atoms with Gasteiger partial charge in [0.15, 0.2) is 0 Å². The molecule has 2 N–H and O–H groups in total. The van der Waals surface area contributed by atoms with Crippen LogP contribution in [-0.2, 0) is 0 Å². The zero-order chi connectivity index (χ0) is 14.2. The fraction of sp³-hybridized carbons (Fsp3) is 0.571. The molecule has 1 atom stereocenters. The number of piperidine rings is 1. The smallest absolute Gasteiger partial charge is 0.292 e. The summed E-state index contributed by atoms with van der Waals surface area (Å²) in [4.78, 5) is 13.0. The molecule has 1 aromatic rings. The number of nitro groups is 1. The van der Waals surface area contributed by atoms with Gasteiger partial charge in [-0.3, -0.25) is 10.1 Å². The number of anilines is 1. The van der Waals surface area contributed by atoms with E-state index in [0.29, 0.717) is 0 Å². The molecule has 19 heavy (non-hydrogen) atoms. The second-order valence-electron chi connectivity index (χ2n) is 6.01. The molecule has 0 saturated carbocycles. The molecule has 1 aliphatic heterocycles. The molecule has 1 heterocycles. The van der Waals surface area contributed by atoms with E-state index in [-0.39, 0.29) is 22.1 Å². The minimum atomic E-state index is -0.302. The fourth-order valence-electron chi connectivity index (χ4n) is 2.77. The zero-order valence-electron chi connectivity index (χ0n) is 11.7. The van der Waals surface area contributed by atoms with Gasteiger partial charge < -0.3 is 10.6 Å². The molecule has 1 fully saturated rings. The summed E-state index contributed by atoms with van der Waals surface area (Å²) in [7, 11) is 0. The molecule has 2 rings (SSSR count). The molecular formula is C14H21N3O2. The monoisotopic (exact) mass is 263 g/mol. The summed E-state index contributed by atoms with van der Waals surface area (Å²) in [5.74, 6) is 0. The summed E-state index contributed by atoms with van der Waals surface area (Å²) in [5, 5.41) is 11.2. The maximum absolute atomic E-state index is 11.2. The Morgan fingerprint density at radius 1 is 1.47 bits per heavy atom. The van der Waals surface area contributed by atoms with Gasteiger partial charge >= 0.3 is 0 Å². The van der Waals surface area contributed by atoms with Crippen molar-refractivity contribution < 1.29 is 4.92 Å². The number of nitrogens with zero attached hydrogens (tertiary/aromatic N) is 2. The van der Waals surface area contributed by atoms with E-state index in [9.17, 15) is 10.1 Å². The van der Waals surface area contributed by atoms with Crippen molar-refractivity contribution in [3.8, 4) is 0 Å². The van der Waals surface area contributed by atoms with Gasteiger partial charge in [0, 0.05) is 25.2 Å². The number of hydrogen-bond donors (Lipinski definition) is 1.